The van der Waals surface area contributed by atoms with E-state index in [4.69, 9.17) is 4.74 Å². The van der Waals surface area contributed by atoms with Crippen LogP contribution in [0.4, 0.5) is 4.39 Å². The van der Waals surface area contributed by atoms with Crippen LogP contribution < -0.4 is 4.74 Å². The fourth-order valence-corrected chi connectivity index (χ4v) is 2.61. The summed E-state index contributed by atoms with van der Waals surface area (Å²) >= 11 is 3.35. The van der Waals surface area contributed by atoms with Crippen molar-refractivity contribution < 1.29 is 14.2 Å². The molecule has 0 saturated heterocycles. The summed E-state index contributed by atoms with van der Waals surface area (Å²) in [5.74, 6) is 0.0164. The largest absolute Gasteiger partial charge is 0.485 e. The number of pyridine rings is 1. The van der Waals surface area contributed by atoms with Crippen molar-refractivity contribution in [2.24, 2.45) is 0 Å². The second kappa shape index (κ2) is 4.90. The van der Waals surface area contributed by atoms with Crippen LogP contribution in [0, 0.1) is 5.82 Å². The molecule has 3 rings (SSSR count). The van der Waals surface area contributed by atoms with E-state index in [0.717, 1.165) is 10.0 Å². The summed E-state index contributed by atoms with van der Waals surface area (Å²) in [7, 11) is 0. The molecule has 1 unspecified atom stereocenters. The molecular weight excluding hydrogens is 313 g/mol. The number of halogens is 2. The highest BCUT2D eigenvalue weighted by atomic mass is 79.9. The van der Waals surface area contributed by atoms with Gasteiger partial charge in [0.25, 0.3) is 0 Å². The molecule has 0 spiro atoms. The molecule has 0 saturated carbocycles. The lowest BCUT2D eigenvalue weighted by molar-refractivity contribution is 0.0652. The van der Waals surface area contributed by atoms with Crippen LogP contribution >= 0.6 is 15.9 Å². The molecule has 1 aliphatic heterocycles. The maximum Gasteiger partial charge on any atom is 0.128 e. The number of hydrogen-bond donors (Lipinski definition) is 1. The van der Waals surface area contributed by atoms with Crippen molar-refractivity contribution >= 4 is 15.9 Å². The number of benzene rings is 1. The van der Waals surface area contributed by atoms with Crippen molar-refractivity contribution in [3.05, 3.63) is 58.1 Å². The number of hydrogen-bond acceptors (Lipinski definition) is 3. The van der Waals surface area contributed by atoms with E-state index >= 15 is 0 Å². The summed E-state index contributed by atoms with van der Waals surface area (Å²) in [5.41, 5.74) is 1.48. The Balaban J connectivity index is 1.96. The van der Waals surface area contributed by atoms with Crippen LogP contribution in [0.3, 0.4) is 0 Å². The normalized spacial score (nSPS) is 21.6. The predicted molar refractivity (Wildman–Crippen MR) is 71.3 cm³/mol. The average molecular weight is 324 g/mol. The molecule has 2 heterocycles. The molecule has 1 aromatic heterocycles. The van der Waals surface area contributed by atoms with Crippen LogP contribution in [0.25, 0.3) is 0 Å². The third kappa shape index (κ3) is 2.48. The van der Waals surface area contributed by atoms with Gasteiger partial charge in [-0.3, -0.25) is 4.98 Å². The lowest BCUT2D eigenvalue weighted by atomic mass is 9.96. The Hall–Kier alpha value is -1.46. The third-order valence-corrected chi connectivity index (χ3v) is 3.57. The number of rotatable bonds is 1. The molecule has 2 atom stereocenters. The molecule has 0 radical (unpaired) electrons. The Bertz CT molecular complexity index is 620. The molecule has 1 N–H and O–H groups in total. The minimum absolute atomic E-state index is 0.325. The summed E-state index contributed by atoms with van der Waals surface area (Å²) < 4.78 is 19.8. The smallest absolute Gasteiger partial charge is 0.128 e. The summed E-state index contributed by atoms with van der Waals surface area (Å²) in [5, 5.41) is 10.1. The van der Waals surface area contributed by atoms with Gasteiger partial charge in [-0.2, -0.15) is 0 Å². The quantitative estimate of drug-likeness (QED) is 0.872. The Morgan fingerprint density at radius 3 is 2.95 bits per heavy atom. The Morgan fingerprint density at radius 1 is 1.32 bits per heavy atom. The fourth-order valence-electron chi connectivity index (χ4n) is 2.23. The summed E-state index contributed by atoms with van der Waals surface area (Å²) in [6, 6.07) is 6.07. The Morgan fingerprint density at radius 2 is 2.16 bits per heavy atom. The van der Waals surface area contributed by atoms with Gasteiger partial charge in [-0.1, -0.05) is 0 Å². The van der Waals surface area contributed by atoms with Crippen molar-refractivity contribution in [1.82, 2.24) is 4.98 Å². The van der Waals surface area contributed by atoms with Gasteiger partial charge in [0.2, 0.25) is 0 Å². The summed E-state index contributed by atoms with van der Waals surface area (Å²) in [6.45, 7) is 0. The molecule has 1 aliphatic rings. The van der Waals surface area contributed by atoms with Crippen molar-refractivity contribution in [1.29, 1.82) is 0 Å². The van der Waals surface area contributed by atoms with Crippen molar-refractivity contribution in [2.45, 2.75) is 18.6 Å². The molecule has 1 aromatic carbocycles. The maximum atomic E-state index is 13.2. The first-order chi connectivity index (χ1) is 9.13. The molecule has 0 amide bonds. The number of nitrogens with zero attached hydrogens (tertiary/aromatic N) is 1. The maximum absolute atomic E-state index is 13.2. The van der Waals surface area contributed by atoms with Crippen molar-refractivity contribution in [3.8, 4) is 5.75 Å². The van der Waals surface area contributed by atoms with E-state index in [2.05, 4.69) is 20.9 Å². The van der Waals surface area contributed by atoms with Gasteiger partial charge in [0.05, 0.1) is 6.10 Å². The Kier molecular flexibility index (Phi) is 3.24. The van der Waals surface area contributed by atoms with Gasteiger partial charge in [-0.05, 0) is 34.1 Å². The molecule has 98 valence electrons. The minimum Gasteiger partial charge on any atom is -0.485 e. The average Bonchev–Trinajstić information content (AvgIpc) is 2.38. The molecule has 19 heavy (non-hydrogen) atoms. The highest BCUT2D eigenvalue weighted by molar-refractivity contribution is 9.10. The molecule has 0 bridgehead atoms. The first-order valence-corrected chi connectivity index (χ1v) is 6.67. The van der Waals surface area contributed by atoms with E-state index in [0.29, 0.717) is 17.7 Å². The van der Waals surface area contributed by atoms with Crippen LogP contribution in [0.15, 0.2) is 41.1 Å². The van der Waals surface area contributed by atoms with Crippen LogP contribution in [-0.2, 0) is 0 Å². The van der Waals surface area contributed by atoms with Gasteiger partial charge in [-0.15, -0.1) is 0 Å². The lowest BCUT2D eigenvalue weighted by Crippen LogP contribution is -2.19. The molecular formula is C14H11BrFNO2. The van der Waals surface area contributed by atoms with Gasteiger partial charge in [0, 0.05) is 40.5 Å². The van der Waals surface area contributed by atoms with E-state index in [-0.39, 0.29) is 11.9 Å². The van der Waals surface area contributed by atoms with Crippen LogP contribution in [0.5, 0.6) is 5.75 Å². The van der Waals surface area contributed by atoms with Crippen LogP contribution in [0.1, 0.15) is 29.8 Å². The zero-order valence-electron chi connectivity index (χ0n) is 9.88. The number of aromatic nitrogens is 1. The van der Waals surface area contributed by atoms with E-state index in [9.17, 15) is 9.50 Å². The topological polar surface area (TPSA) is 42.4 Å². The second-order valence-corrected chi connectivity index (χ2v) is 5.39. The van der Waals surface area contributed by atoms with E-state index in [1.807, 2.05) is 6.07 Å². The van der Waals surface area contributed by atoms with Gasteiger partial charge < -0.3 is 9.84 Å². The molecule has 2 aromatic rings. The highest BCUT2D eigenvalue weighted by Gasteiger charge is 2.28. The number of aliphatic hydroxyl groups excluding tert-OH is 1. The second-order valence-electron chi connectivity index (χ2n) is 4.48. The summed E-state index contributed by atoms with van der Waals surface area (Å²) in [4.78, 5) is 4.08. The monoisotopic (exact) mass is 323 g/mol. The van der Waals surface area contributed by atoms with Crippen LogP contribution in [-0.4, -0.2) is 10.1 Å². The third-order valence-electron chi connectivity index (χ3n) is 3.14. The first kappa shape index (κ1) is 12.6. The van der Waals surface area contributed by atoms with Crippen molar-refractivity contribution in [2.75, 3.05) is 0 Å². The molecule has 0 aliphatic carbocycles. The van der Waals surface area contributed by atoms with E-state index in [1.165, 1.54) is 12.1 Å². The summed E-state index contributed by atoms with van der Waals surface area (Å²) in [6.07, 6.45) is 2.81. The van der Waals surface area contributed by atoms with Gasteiger partial charge in [-0.25, -0.2) is 4.39 Å². The zero-order chi connectivity index (χ0) is 13.4. The van der Waals surface area contributed by atoms with Crippen molar-refractivity contribution in [3.63, 3.8) is 0 Å². The SMILES string of the molecule is O[C@@H]1CC(c2cncc(Br)c2)Oc2cc(F)ccc21. The molecule has 5 heteroatoms. The first-order valence-electron chi connectivity index (χ1n) is 5.88. The minimum atomic E-state index is -0.659. The molecule has 3 nitrogen and oxygen atoms in total. The van der Waals surface area contributed by atoms with E-state index in [1.54, 1.807) is 18.5 Å². The Labute approximate surface area is 118 Å². The highest BCUT2D eigenvalue weighted by Crippen LogP contribution is 2.41. The molecule has 0 fully saturated rings. The number of fused-ring (bicyclic) bond motifs is 1. The van der Waals surface area contributed by atoms with Gasteiger partial charge in [0.15, 0.2) is 0 Å². The van der Waals surface area contributed by atoms with Gasteiger partial charge >= 0.3 is 0 Å². The number of ether oxygens (including phenoxy) is 1. The number of aliphatic hydroxyl groups is 1. The lowest BCUT2D eigenvalue weighted by Gasteiger charge is -2.29. The van der Waals surface area contributed by atoms with E-state index < -0.39 is 6.10 Å². The van der Waals surface area contributed by atoms with Gasteiger partial charge in [0.1, 0.15) is 17.7 Å². The zero-order valence-corrected chi connectivity index (χ0v) is 11.5. The fraction of sp³-hybridized carbons (Fsp3) is 0.214. The predicted octanol–water partition coefficient (Wildman–Crippen LogP) is 3.54. The van der Waals surface area contributed by atoms with Crippen LogP contribution in [0.2, 0.25) is 0 Å². The standard InChI is InChI=1S/C14H11BrFNO2/c15-9-3-8(6-17-7-9)13-5-12(18)11-2-1-10(16)4-14(11)19-13/h1-4,6-7,12-13,18H,5H2/t12-,13?/m1/s1.